The number of nitrogens with one attached hydrogen (secondary N) is 1. The summed E-state index contributed by atoms with van der Waals surface area (Å²) in [4.78, 5) is 12.6. The largest absolute Gasteiger partial charge is 0.493 e. The first-order chi connectivity index (χ1) is 9.21. The Morgan fingerprint density at radius 1 is 1.58 bits per heavy atom. The molecule has 1 saturated heterocycles. The minimum Gasteiger partial charge on any atom is -0.493 e. The second-order valence-electron chi connectivity index (χ2n) is 4.70. The van der Waals surface area contributed by atoms with Gasteiger partial charge in [-0.15, -0.1) is 0 Å². The molecule has 1 aliphatic heterocycles. The van der Waals surface area contributed by atoms with Crippen molar-refractivity contribution in [1.82, 2.24) is 15.1 Å². The zero-order valence-corrected chi connectivity index (χ0v) is 11.7. The van der Waals surface area contributed by atoms with Crippen molar-refractivity contribution in [3.63, 3.8) is 0 Å². The van der Waals surface area contributed by atoms with Crippen LogP contribution in [0.3, 0.4) is 0 Å². The van der Waals surface area contributed by atoms with Crippen molar-refractivity contribution in [3.05, 3.63) is 11.9 Å². The molecule has 6 heteroatoms. The molecule has 0 spiro atoms. The van der Waals surface area contributed by atoms with Crippen LogP contribution in [-0.4, -0.2) is 48.5 Å². The van der Waals surface area contributed by atoms with E-state index in [-0.39, 0.29) is 17.9 Å². The molecule has 1 aromatic rings. The summed E-state index contributed by atoms with van der Waals surface area (Å²) < 4.78 is 12.2. The number of methoxy groups -OCH3 is 2. The highest BCUT2D eigenvalue weighted by molar-refractivity contribution is 6.01. The Morgan fingerprint density at radius 3 is 2.95 bits per heavy atom. The Bertz CT molecular complexity index is 444. The maximum Gasteiger partial charge on any atom is 0.201 e. The van der Waals surface area contributed by atoms with Gasteiger partial charge in [0.15, 0.2) is 5.75 Å². The number of carbonyl (C=O) groups excluding carboxylic acids is 1. The number of nitrogens with zero attached hydrogens (tertiary/aromatic N) is 2. The maximum atomic E-state index is 12.6. The Kier molecular flexibility index (Phi) is 4.55. The Morgan fingerprint density at radius 2 is 2.37 bits per heavy atom. The molecule has 1 aromatic heterocycles. The summed E-state index contributed by atoms with van der Waals surface area (Å²) in [6.45, 7) is 3.47. The average molecular weight is 267 g/mol. The molecule has 2 atom stereocenters. The molecule has 0 bridgehead atoms. The maximum absolute atomic E-state index is 12.6. The van der Waals surface area contributed by atoms with Crippen LogP contribution < -0.4 is 10.1 Å². The van der Waals surface area contributed by atoms with Gasteiger partial charge in [0.1, 0.15) is 5.69 Å². The number of aryl methyl sites for hydroxylation is 1. The normalized spacial score (nSPS) is 22.7. The van der Waals surface area contributed by atoms with Crippen LogP contribution in [-0.2, 0) is 11.3 Å². The van der Waals surface area contributed by atoms with E-state index in [0.717, 1.165) is 6.42 Å². The molecule has 2 unspecified atom stereocenters. The van der Waals surface area contributed by atoms with Crippen molar-refractivity contribution in [3.8, 4) is 5.75 Å². The van der Waals surface area contributed by atoms with Gasteiger partial charge < -0.3 is 14.8 Å². The van der Waals surface area contributed by atoms with Gasteiger partial charge in [-0.05, 0) is 12.8 Å². The van der Waals surface area contributed by atoms with E-state index in [9.17, 15) is 4.79 Å². The summed E-state index contributed by atoms with van der Waals surface area (Å²) in [5, 5.41) is 7.42. The molecule has 0 amide bonds. The quantitative estimate of drug-likeness (QED) is 0.774. The predicted molar refractivity (Wildman–Crippen MR) is 70.6 cm³/mol. The summed E-state index contributed by atoms with van der Waals surface area (Å²) in [6.07, 6.45) is 3.31. The molecule has 1 fully saturated rings. The molecule has 1 N–H and O–H groups in total. The minimum atomic E-state index is -0.217. The van der Waals surface area contributed by atoms with E-state index in [4.69, 9.17) is 9.47 Å². The minimum absolute atomic E-state index is 0.0300. The third-order valence-electron chi connectivity index (χ3n) is 3.43. The third kappa shape index (κ3) is 2.79. The van der Waals surface area contributed by atoms with Gasteiger partial charge in [0.25, 0.3) is 0 Å². The summed E-state index contributed by atoms with van der Waals surface area (Å²) in [7, 11) is 3.23. The molecule has 6 nitrogen and oxygen atoms in total. The van der Waals surface area contributed by atoms with Crippen LogP contribution in [0.15, 0.2) is 6.20 Å². The lowest BCUT2D eigenvalue weighted by Gasteiger charge is -2.12. The van der Waals surface area contributed by atoms with Crippen LogP contribution >= 0.6 is 0 Å². The predicted octanol–water partition coefficient (Wildman–Crippen LogP) is 0.861. The van der Waals surface area contributed by atoms with Crippen LogP contribution in [0.1, 0.15) is 30.3 Å². The van der Waals surface area contributed by atoms with Gasteiger partial charge in [-0.25, -0.2) is 0 Å². The number of carbonyl (C=O) groups is 1. The van der Waals surface area contributed by atoms with Crippen molar-refractivity contribution in [2.75, 3.05) is 20.8 Å². The van der Waals surface area contributed by atoms with Gasteiger partial charge >= 0.3 is 0 Å². The molecule has 1 aliphatic rings. The number of rotatable bonds is 6. The van der Waals surface area contributed by atoms with Gasteiger partial charge in [0.05, 0.1) is 25.5 Å². The molecule has 19 heavy (non-hydrogen) atoms. The average Bonchev–Trinajstić information content (AvgIpc) is 3.04. The van der Waals surface area contributed by atoms with Crippen molar-refractivity contribution in [2.45, 2.75) is 38.5 Å². The first-order valence-electron chi connectivity index (χ1n) is 6.61. The van der Waals surface area contributed by atoms with Crippen LogP contribution in [0.2, 0.25) is 0 Å². The fraction of sp³-hybridized carbons (Fsp3) is 0.692. The van der Waals surface area contributed by atoms with Crippen LogP contribution in [0, 0.1) is 0 Å². The molecule has 0 aliphatic carbocycles. The second-order valence-corrected chi connectivity index (χ2v) is 4.70. The lowest BCUT2D eigenvalue weighted by Crippen LogP contribution is -2.32. The molecule has 0 aromatic carbocycles. The van der Waals surface area contributed by atoms with Gasteiger partial charge in [-0.1, -0.05) is 6.92 Å². The molecule has 106 valence electrons. The number of hydrogen-bond donors (Lipinski definition) is 1. The van der Waals surface area contributed by atoms with Crippen LogP contribution in [0.4, 0.5) is 0 Å². The topological polar surface area (TPSA) is 65.4 Å². The number of aromatic nitrogens is 2. The molecule has 2 rings (SSSR count). The number of Topliss-reactive ketones (excluding diaryl/α,β-unsaturated/α-hetero) is 1. The zero-order chi connectivity index (χ0) is 13.8. The monoisotopic (exact) mass is 267 g/mol. The third-order valence-corrected chi connectivity index (χ3v) is 3.43. The number of ketones is 1. The fourth-order valence-electron chi connectivity index (χ4n) is 2.40. The fourth-order valence-corrected chi connectivity index (χ4v) is 2.40. The van der Waals surface area contributed by atoms with E-state index in [2.05, 4.69) is 17.3 Å². The van der Waals surface area contributed by atoms with Gasteiger partial charge in [-0.3, -0.25) is 9.48 Å². The number of hydrogen-bond acceptors (Lipinski definition) is 5. The second kappa shape index (κ2) is 6.16. The van der Waals surface area contributed by atoms with Gasteiger partial charge in [0, 0.05) is 20.2 Å². The van der Waals surface area contributed by atoms with Crippen molar-refractivity contribution in [1.29, 1.82) is 0 Å². The molecule has 2 heterocycles. The van der Waals surface area contributed by atoms with E-state index in [1.165, 1.54) is 0 Å². The molecule has 0 radical (unpaired) electrons. The Balaban J connectivity index is 2.20. The summed E-state index contributed by atoms with van der Waals surface area (Å²) in [5.74, 6) is 0.573. The van der Waals surface area contributed by atoms with Gasteiger partial charge in [0.2, 0.25) is 5.78 Å². The summed E-state index contributed by atoms with van der Waals surface area (Å²) in [6, 6.07) is -0.217. The van der Waals surface area contributed by atoms with E-state index in [0.29, 0.717) is 31.0 Å². The zero-order valence-electron chi connectivity index (χ0n) is 11.7. The SMILES string of the molecule is CCCn1ncc(OC)c1C(=O)C1CC(OC)CN1. The van der Waals surface area contributed by atoms with E-state index < -0.39 is 0 Å². The van der Waals surface area contributed by atoms with Crippen LogP contribution in [0.5, 0.6) is 5.75 Å². The highest BCUT2D eigenvalue weighted by atomic mass is 16.5. The van der Waals surface area contributed by atoms with Crippen molar-refractivity contribution in [2.24, 2.45) is 0 Å². The summed E-state index contributed by atoms with van der Waals surface area (Å²) >= 11 is 0. The van der Waals surface area contributed by atoms with Crippen molar-refractivity contribution < 1.29 is 14.3 Å². The highest BCUT2D eigenvalue weighted by Gasteiger charge is 2.33. The molecular weight excluding hydrogens is 246 g/mol. The first-order valence-corrected chi connectivity index (χ1v) is 6.61. The van der Waals surface area contributed by atoms with Crippen LogP contribution in [0.25, 0.3) is 0 Å². The van der Waals surface area contributed by atoms with E-state index in [1.807, 2.05) is 0 Å². The van der Waals surface area contributed by atoms with Gasteiger partial charge in [-0.2, -0.15) is 5.10 Å². The van der Waals surface area contributed by atoms with E-state index >= 15 is 0 Å². The standard InChI is InChI=1S/C13H21N3O3/c1-4-5-16-12(11(19-3)8-15-16)13(17)10-6-9(18-2)7-14-10/h8-10,14H,4-7H2,1-3H3. The smallest absolute Gasteiger partial charge is 0.201 e. The van der Waals surface area contributed by atoms with Crippen molar-refractivity contribution >= 4 is 5.78 Å². The first kappa shape index (κ1) is 14.0. The van der Waals surface area contributed by atoms with E-state index in [1.54, 1.807) is 25.1 Å². The number of ether oxygens (including phenoxy) is 2. The lowest BCUT2D eigenvalue weighted by molar-refractivity contribution is 0.0905. The molecule has 0 saturated carbocycles. The lowest BCUT2D eigenvalue weighted by atomic mass is 10.1. The Hall–Kier alpha value is -1.40. The molecular formula is C13H21N3O3. The highest BCUT2D eigenvalue weighted by Crippen LogP contribution is 2.23. The Labute approximate surface area is 113 Å². The summed E-state index contributed by atoms with van der Waals surface area (Å²) in [5.41, 5.74) is 0.554.